The summed E-state index contributed by atoms with van der Waals surface area (Å²) in [7, 11) is 0. The van der Waals surface area contributed by atoms with Gasteiger partial charge in [0, 0.05) is 31.7 Å². The smallest absolute Gasteiger partial charge is 0.337 e. The highest BCUT2D eigenvalue weighted by Crippen LogP contribution is 2.26. The van der Waals surface area contributed by atoms with Crippen molar-refractivity contribution in [3.8, 4) is 0 Å². The van der Waals surface area contributed by atoms with Crippen LogP contribution in [-0.2, 0) is 6.54 Å². The van der Waals surface area contributed by atoms with E-state index in [9.17, 15) is 27.6 Å². The van der Waals surface area contributed by atoms with E-state index in [2.05, 4.69) is 0 Å². The molecule has 1 saturated heterocycles. The number of hydrogen-bond acceptors (Lipinski definition) is 4. The molecule has 9 heteroatoms. The topological polar surface area (TPSA) is 60.9 Å². The maximum Gasteiger partial charge on any atom is 0.401 e. The largest absolute Gasteiger partial charge is 0.401 e. The second-order valence-corrected chi connectivity index (χ2v) is 7.98. The Bertz CT molecular complexity index is 1040. The van der Waals surface area contributed by atoms with Gasteiger partial charge >= 0.3 is 6.18 Å². The van der Waals surface area contributed by atoms with Crippen molar-refractivity contribution in [1.29, 1.82) is 0 Å². The fourth-order valence-corrected chi connectivity index (χ4v) is 4.10. The molecule has 0 spiro atoms. The maximum atomic E-state index is 13.0. The molecule has 0 aliphatic carbocycles. The number of nitrogens with zero attached hydrogens (tertiary/aromatic N) is 3. The van der Waals surface area contributed by atoms with Crippen LogP contribution in [0.4, 0.5) is 13.2 Å². The molecule has 168 valence electrons. The quantitative estimate of drug-likeness (QED) is 0.679. The summed E-state index contributed by atoms with van der Waals surface area (Å²) in [6, 6.07) is 13.5. The van der Waals surface area contributed by atoms with Crippen LogP contribution in [-0.4, -0.2) is 71.3 Å². The van der Waals surface area contributed by atoms with Gasteiger partial charge < -0.3 is 4.90 Å². The Labute approximate surface area is 183 Å². The predicted octanol–water partition coefficient (Wildman–Crippen LogP) is 3.19. The van der Waals surface area contributed by atoms with Crippen molar-refractivity contribution in [3.63, 3.8) is 0 Å². The van der Waals surface area contributed by atoms with Crippen molar-refractivity contribution in [1.82, 2.24) is 14.7 Å². The zero-order valence-corrected chi connectivity index (χ0v) is 17.3. The standard InChI is InChI=1S/C23H22F3N3O3/c24-23(25,26)15-27-9-4-10-28(12-11-27)20(30)17-7-8-18-19(13-17)22(32)29(21(18)31)14-16-5-2-1-3-6-16/h1-3,5-8,13H,4,9-12,14-15H2. The molecule has 2 heterocycles. The SMILES string of the molecule is O=C(c1ccc2c(c1)C(=O)N(Cc1ccccc1)C2=O)N1CCCN(CC(F)(F)F)CC1. The van der Waals surface area contributed by atoms with Gasteiger partial charge in [-0.15, -0.1) is 0 Å². The first-order valence-corrected chi connectivity index (χ1v) is 10.4. The third-order valence-corrected chi connectivity index (χ3v) is 5.68. The molecule has 0 aromatic heterocycles. The highest BCUT2D eigenvalue weighted by Gasteiger charge is 2.36. The zero-order valence-electron chi connectivity index (χ0n) is 17.3. The van der Waals surface area contributed by atoms with Crippen LogP contribution in [0.5, 0.6) is 0 Å². The number of rotatable bonds is 4. The van der Waals surface area contributed by atoms with Crippen molar-refractivity contribution in [3.05, 3.63) is 70.8 Å². The predicted molar refractivity (Wildman–Crippen MR) is 110 cm³/mol. The van der Waals surface area contributed by atoms with Gasteiger partial charge in [0.2, 0.25) is 0 Å². The van der Waals surface area contributed by atoms with E-state index in [4.69, 9.17) is 0 Å². The van der Waals surface area contributed by atoms with E-state index in [1.165, 1.54) is 28.0 Å². The zero-order chi connectivity index (χ0) is 22.9. The minimum absolute atomic E-state index is 0.123. The molecule has 2 aliphatic rings. The van der Waals surface area contributed by atoms with Crippen LogP contribution in [0.1, 0.15) is 43.1 Å². The van der Waals surface area contributed by atoms with Gasteiger partial charge in [-0.25, -0.2) is 0 Å². The van der Waals surface area contributed by atoms with Gasteiger partial charge in [-0.2, -0.15) is 13.2 Å². The summed E-state index contributed by atoms with van der Waals surface area (Å²) in [5.74, 6) is -1.23. The highest BCUT2D eigenvalue weighted by atomic mass is 19.4. The lowest BCUT2D eigenvalue weighted by Gasteiger charge is -2.23. The van der Waals surface area contributed by atoms with Crippen molar-refractivity contribution >= 4 is 17.7 Å². The summed E-state index contributed by atoms with van der Waals surface area (Å²) in [6.07, 6.45) is -3.85. The van der Waals surface area contributed by atoms with E-state index >= 15 is 0 Å². The molecule has 6 nitrogen and oxygen atoms in total. The first-order valence-electron chi connectivity index (χ1n) is 10.4. The van der Waals surface area contributed by atoms with Gasteiger partial charge in [0.05, 0.1) is 24.2 Å². The van der Waals surface area contributed by atoms with Gasteiger partial charge in [0.15, 0.2) is 0 Å². The molecular weight excluding hydrogens is 423 g/mol. The van der Waals surface area contributed by atoms with Gasteiger partial charge in [0.25, 0.3) is 17.7 Å². The highest BCUT2D eigenvalue weighted by molar-refractivity contribution is 6.22. The van der Waals surface area contributed by atoms with Gasteiger partial charge in [0.1, 0.15) is 0 Å². The van der Waals surface area contributed by atoms with Crippen molar-refractivity contribution < 1.29 is 27.6 Å². The lowest BCUT2D eigenvalue weighted by atomic mass is 10.0. The normalized spacial score (nSPS) is 17.5. The molecule has 0 unspecified atom stereocenters. The van der Waals surface area contributed by atoms with Gasteiger partial charge in [-0.05, 0) is 30.2 Å². The Morgan fingerprint density at radius 2 is 1.59 bits per heavy atom. The summed E-state index contributed by atoms with van der Waals surface area (Å²) in [5.41, 5.74) is 1.47. The molecule has 2 aliphatic heterocycles. The van der Waals surface area contributed by atoms with Crippen LogP contribution < -0.4 is 0 Å². The fraction of sp³-hybridized carbons (Fsp3) is 0.348. The van der Waals surface area contributed by atoms with E-state index in [1.54, 1.807) is 0 Å². The number of imide groups is 1. The van der Waals surface area contributed by atoms with E-state index in [0.29, 0.717) is 13.0 Å². The summed E-state index contributed by atoms with van der Waals surface area (Å²) < 4.78 is 38.0. The molecule has 1 fully saturated rings. The summed E-state index contributed by atoms with van der Waals surface area (Å²) in [6.45, 7) is 0.0169. The molecular formula is C23H22F3N3O3. The van der Waals surface area contributed by atoms with Crippen LogP contribution in [0.2, 0.25) is 0 Å². The van der Waals surface area contributed by atoms with Crippen molar-refractivity contribution in [2.45, 2.75) is 19.1 Å². The maximum absolute atomic E-state index is 13.0. The van der Waals surface area contributed by atoms with Crippen LogP contribution in [0.15, 0.2) is 48.5 Å². The Morgan fingerprint density at radius 3 is 2.31 bits per heavy atom. The third kappa shape index (κ3) is 4.67. The average Bonchev–Trinajstić information content (AvgIpc) is 2.91. The molecule has 0 atom stereocenters. The first kappa shape index (κ1) is 22.0. The minimum Gasteiger partial charge on any atom is -0.337 e. The number of hydrogen-bond donors (Lipinski definition) is 0. The number of halogens is 3. The molecule has 0 saturated carbocycles. The van der Waals surface area contributed by atoms with E-state index in [-0.39, 0.29) is 48.8 Å². The van der Waals surface area contributed by atoms with E-state index in [1.807, 2.05) is 30.3 Å². The third-order valence-electron chi connectivity index (χ3n) is 5.68. The molecule has 4 rings (SSSR count). The lowest BCUT2D eigenvalue weighted by molar-refractivity contribution is -0.145. The Kier molecular flexibility index (Phi) is 6.01. The molecule has 0 radical (unpaired) electrons. The number of carbonyl (C=O) groups is 3. The van der Waals surface area contributed by atoms with Crippen LogP contribution >= 0.6 is 0 Å². The second-order valence-electron chi connectivity index (χ2n) is 7.98. The minimum atomic E-state index is -4.28. The Hall–Kier alpha value is -3.20. The molecule has 3 amide bonds. The summed E-state index contributed by atoms with van der Waals surface area (Å²) >= 11 is 0. The van der Waals surface area contributed by atoms with Crippen molar-refractivity contribution in [2.24, 2.45) is 0 Å². The first-order chi connectivity index (χ1) is 15.2. The molecule has 2 aromatic rings. The summed E-state index contributed by atoms with van der Waals surface area (Å²) in [4.78, 5) is 42.5. The summed E-state index contributed by atoms with van der Waals surface area (Å²) in [5, 5.41) is 0. The Morgan fingerprint density at radius 1 is 0.875 bits per heavy atom. The molecule has 0 bridgehead atoms. The lowest BCUT2D eigenvalue weighted by Crippen LogP contribution is -2.38. The van der Waals surface area contributed by atoms with Crippen LogP contribution in [0.3, 0.4) is 0 Å². The number of alkyl halides is 3. The fourth-order valence-electron chi connectivity index (χ4n) is 4.10. The van der Waals surface area contributed by atoms with E-state index in [0.717, 1.165) is 10.5 Å². The molecule has 0 N–H and O–H groups in total. The Balaban J connectivity index is 1.47. The van der Waals surface area contributed by atoms with Gasteiger partial charge in [-0.1, -0.05) is 30.3 Å². The molecule has 32 heavy (non-hydrogen) atoms. The molecule has 2 aromatic carbocycles. The van der Waals surface area contributed by atoms with E-state index < -0.39 is 24.5 Å². The average molecular weight is 445 g/mol. The monoisotopic (exact) mass is 445 g/mol. The number of fused-ring (bicyclic) bond motifs is 1. The van der Waals surface area contributed by atoms with Crippen molar-refractivity contribution in [2.75, 3.05) is 32.7 Å². The van der Waals surface area contributed by atoms with Crippen LogP contribution in [0.25, 0.3) is 0 Å². The number of benzene rings is 2. The number of carbonyl (C=O) groups excluding carboxylic acids is 3. The number of amides is 3. The van der Waals surface area contributed by atoms with Crippen LogP contribution in [0, 0.1) is 0 Å². The second kappa shape index (κ2) is 8.74. The van der Waals surface area contributed by atoms with Gasteiger partial charge in [-0.3, -0.25) is 24.2 Å².